The third-order valence-corrected chi connectivity index (χ3v) is 3.15. The molecule has 104 valence electrons. The number of ether oxygens (including phenoxy) is 1. The van der Waals surface area contributed by atoms with E-state index in [0.29, 0.717) is 11.3 Å². The Balaban J connectivity index is 2.46. The van der Waals surface area contributed by atoms with Crippen LogP contribution in [-0.4, -0.2) is 12.9 Å². The fraction of sp³-hybridized carbons (Fsp3) is 0.188. The van der Waals surface area contributed by atoms with Gasteiger partial charge in [0.1, 0.15) is 17.4 Å². The molecule has 2 aromatic rings. The van der Waals surface area contributed by atoms with E-state index in [1.807, 2.05) is 0 Å². The van der Waals surface area contributed by atoms with Gasteiger partial charge in [0.25, 0.3) is 0 Å². The Hall–Kier alpha value is -2.23. The predicted molar refractivity (Wildman–Crippen MR) is 72.3 cm³/mol. The molecule has 0 saturated heterocycles. The molecule has 0 atom stereocenters. The number of carbonyl (C=O) groups is 1. The molecule has 0 fully saturated rings. The first-order valence-corrected chi connectivity index (χ1v) is 6.09. The Bertz CT molecular complexity index is 678. The predicted octanol–water partition coefficient (Wildman–Crippen LogP) is 3.82. The van der Waals surface area contributed by atoms with Gasteiger partial charge in [0, 0.05) is 11.6 Å². The Kier molecular flexibility index (Phi) is 3.84. The van der Waals surface area contributed by atoms with Gasteiger partial charge >= 0.3 is 0 Å². The summed E-state index contributed by atoms with van der Waals surface area (Å²) in [6.45, 7) is 3.28. The maximum atomic E-state index is 13.7. The minimum atomic E-state index is -0.855. The number of hydrogen-bond donors (Lipinski definition) is 0. The Morgan fingerprint density at radius 3 is 2.30 bits per heavy atom. The highest BCUT2D eigenvalue weighted by molar-refractivity contribution is 6.09. The van der Waals surface area contributed by atoms with Crippen LogP contribution in [0.2, 0.25) is 0 Å². The number of rotatable bonds is 3. The fourth-order valence-electron chi connectivity index (χ4n) is 2.01. The lowest BCUT2D eigenvalue weighted by Crippen LogP contribution is -2.06. The molecule has 0 aliphatic carbocycles. The molecule has 0 unspecified atom stereocenters. The highest BCUT2D eigenvalue weighted by Gasteiger charge is 2.17. The van der Waals surface area contributed by atoms with Crippen LogP contribution >= 0.6 is 0 Å². The summed E-state index contributed by atoms with van der Waals surface area (Å²) in [4.78, 5) is 12.3. The van der Waals surface area contributed by atoms with Gasteiger partial charge in [-0.3, -0.25) is 4.79 Å². The fourth-order valence-corrected chi connectivity index (χ4v) is 2.01. The second-order valence-corrected chi connectivity index (χ2v) is 4.59. The van der Waals surface area contributed by atoms with E-state index >= 15 is 0 Å². The lowest BCUT2D eigenvalue weighted by atomic mass is 9.99. The van der Waals surface area contributed by atoms with Crippen LogP contribution in [0.4, 0.5) is 8.78 Å². The molecule has 0 amide bonds. The first kappa shape index (κ1) is 14.2. The van der Waals surface area contributed by atoms with Crippen molar-refractivity contribution in [3.05, 3.63) is 64.2 Å². The van der Waals surface area contributed by atoms with Crippen molar-refractivity contribution in [2.75, 3.05) is 7.11 Å². The molecule has 4 heteroatoms. The van der Waals surface area contributed by atoms with Gasteiger partial charge in [-0.2, -0.15) is 0 Å². The molecule has 0 aromatic heterocycles. The second kappa shape index (κ2) is 5.41. The number of halogens is 2. The number of aryl methyl sites for hydroxylation is 2. The second-order valence-electron chi connectivity index (χ2n) is 4.59. The van der Waals surface area contributed by atoms with Gasteiger partial charge in [-0.1, -0.05) is 0 Å². The summed E-state index contributed by atoms with van der Waals surface area (Å²) in [5.74, 6) is -1.34. The molecule has 0 aliphatic heterocycles. The quantitative estimate of drug-likeness (QED) is 0.797. The summed E-state index contributed by atoms with van der Waals surface area (Å²) in [6.07, 6.45) is 0. The van der Waals surface area contributed by atoms with Crippen molar-refractivity contribution in [2.45, 2.75) is 13.8 Å². The summed E-state index contributed by atoms with van der Waals surface area (Å²) in [5, 5.41) is 0. The number of carbonyl (C=O) groups excluding carboxylic acids is 1. The normalized spacial score (nSPS) is 10.4. The lowest BCUT2D eigenvalue weighted by molar-refractivity contribution is 0.103. The highest BCUT2D eigenvalue weighted by Crippen LogP contribution is 2.22. The average molecular weight is 276 g/mol. The monoisotopic (exact) mass is 276 g/mol. The van der Waals surface area contributed by atoms with Gasteiger partial charge in [-0.15, -0.1) is 0 Å². The van der Waals surface area contributed by atoms with Crippen molar-refractivity contribution >= 4 is 5.78 Å². The molecule has 0 N–H and O–H groups in total. The van der Waals surface area contributed by atoms with Crippen LogP contribution in [-0.2, 0) is 0 Å². The largest absolute Gasteiger partial charge is 0.496 e. The van der Waals surface area contributed by atoms with Crippen LogP contribution in [0.25, 0.3) is 0 Å². The molecule has 20 heavy (non-hydrogen) atoms. The van der Waals surface area contributed by atoms with Crippen LogP contribution in [0.5, 0.6) is 5.75 Å². The van der Waals surface area contributed by atoms with Crippen LogP contribution in [0, 0.1) is 25.5 Å². The smallest absolute Gasteiger partial charge is 0.195 e. The Morgan fingerprint density at radius 1 is 1.00 bits per heavy atom. The number of benzene rings is 2. The summed E-state index contributed by atoms with van der Waals surface area (Å²) in [6, 6.07) is 6.80. The molecule has 0 saturated carbocycles. The first-order valence-electron chi connectivity index (χ1n) is 6.09. The van der Waals surface area contributed by atoms with Crippen molar-refractivity contribution in [2.24, 2.45) is 0 Å². The van der Waals surface area contributed by atoms with Gasteiger partial charge in [0.05, 0.1) is 12.7 Å². The van der Waals surface area contributed by atoms with Gasteiger partial charge in [-0.05, 0) is 49.2 Å². The van der Waals surface area contributed by atoms with Crippen molar-refractivity contribution in [1.82, 2.24) is 0 Å². The Labute approximate surface area is 116 Å². The van der Waals surface area contributed by atoms with E-state index < -0.39 is 17.4 Å². The summed E-state index contributed by atoms with van der Waals surface area (Å²) in [7, 11) is 1.53. The molecular weight excluding hydrogens is 262 g/mol. The van der Waals surface area contributed by atoms with E-state index in [1.54, 1.807) is 25.1 Å². The van der Waals surface area contributed by atoms with Gasteiger partial charge in [-0.25, -0.2) is 8.78 Å². The van der Waals surface area contributed by atoms with Crippen molar-refractivity contribution in [1.29, 1.82) is 0 Å². The molecule has 2 aromatic carbocycles. The van der Waals surface area contributed by atoms with E-state index in [9.17, 15) is 13.6 Å². The van der Waals surface area contributed by atoms with E-state index in [-0.39, 0.29) is 11.1 Å². The van der Waals surface area contributed by atoms with Crippen molar-refractivity contribution in [3.8, 4) is 5.75 Å². The van der Waals surface area contributed by atoms with Crippen LogP contribution in [0.15, 0.2) is 30.3 Å². The molecule has 2 nitrogen and oxygen atoms in total. The number of ketones is 1. The van der Waals surface area contributed by atoms with Crippen LogP contribution in [0.3, 0.4) is 0 Å². The van der Waals surface area contributed by atoms with E-state index in [4.69, 9.17) is 4.74 Å². The molecular formula is C16H14F2O2. The number of hydrogen-bond acceptors (Lipinski definition) is 2. The molecule has 0 aliphatic rings. The molecule has 0 heterocycles. The highest BCUT2D eigenvalue weighted by atomic mass is 19.1. The zero-order valence-corrected chi connectivity index (χ0v) is 11.5. The van der Waals surface area contributed by atoms with E-state index in [2.05, 4.69) is 0 Å². The zero-order valence-electron chi connectivity index (χ0n) is 11.5. The molecule has 0 radical (unpaired) electrons. The third kappa shape index (κ3) is 2.54. The zero-order chi connectivity index (χ0) is 14.9. The van der Waals surface area contributed by atoms with Gasteiger partial charge < -0.3 is 4.74 Å². The minimum absolute atomic E-state index is 0.131. The van der Waals surface area contributed by atoms with Crippen LogP contribution in [0.1, 0.15) is 27.0 Å². The maximum absolute atomic E-state index is 13.7. The first-order chi connectivity index (χ1) is 9.43. The third-order valence-electron chi connectivity index (χ3n) is 3.15. The number of methoxy groups -OCH3 is 1. The standard InChI is InChI=1S/C16H14F2O2/c1-9-7-12(14(18)8-13(9)17)16(19)11-4-5-15(20-3)10(2)6-11/h4-8H,1-3H3. The summed E-state index contributed by atoms with van der Waals surface area (Å²) in [5.41, 5.74) is 1.22. The molecule has 0 bridgehead atoms. The Morgan fingerprint density at radius 2 is 1.70 bits per heavy atom. The van der Waals surface area contributed by atoms with E-state index in [1.165, 1.54) is 20.1 Å². The van der Waals surface area contributed by atoms with Gasteiger partial charge in [0.15, 0.2) is 5.78 Å². The van der Waals surface area contributed by atoms with Crippen molar-refractivity contribution in [3.63, 3.8) is 0 Å². The minimum Gasteiger partial charge on any atom is -0.496 e. The SMILES string of the molecule is COc1ccc(C(=O)c2cc(C)c(F)cc2F)cc1C. The average Bonchev–Trinajstić information content (AvgIpc) is 2.42. The lowest BCUT2D eigenvalue weighted by Gasteiger charge is -2.08. The summed E-state index contributed by atoms with van der Waals surface area (Å²) < 4.78 is 32.1. The topological polar surface area (TPSA) is 26.3 Å². The summed E-state index contributed by atoms with van der Waals surface area (Å²) >= 11 is 0. The maximum Gasteiger partial charge on any atom is 0.195 e. The van der Waals surface area contributed by atoms with Crippen molar-refractivity contribution < 1.29 is 18.3 Å². The van der Waals surface area contributed by atoms with E-state index in [0.717, 1.165) is 11.6 Å². The molecule has 0 spiro atoms. The van der Waals surface area contributed by atoms with Crippen LogP contribution < -0.4 is 4.74 Å². The molecule has 2 rings (SSSR count). The van der Waals surface area contributed by atoms with Gasteiger partial charge in [0.2, 0.25) is 0 Å².